The number of ether oxygens (including phenoxy) is 1. The number of hydrogen-bond acceptors (Lipinski definition) is 2. The summed E-state index contributed by atoms with van der Waals surface area (Å²) in [6, 6.07) is 10.5. The third-order valence-corrected chi connectivity index (χ3v) is 3.64. The maximum atomic E-state index is 13.2. The van der Waals surface area contributed by atoms with E-state index in [4.69, 9.17) is 4.74 Å². The van der Waals surface area contributed by atoms with Gasteiger partial charge < -0.3 is 9.72 Å². The molecule has 1 unspecified atom stereocenters. The molecule has 0 bridgehead atoms. The summed E-state index contributed by atoms with van der Waals surface area (Å²) in [7, 11) is 0. The second kappa shape index (κ2) is 5.20. The minimum absolute atomic E-state index is 0.234. The Morgan fingerprint density at radius 2 is 1.90 bits per heavy atom. The first-order valence-electron chi connectivity index (χ1n) is 6.92. The second-order valence-corrected chi connectivity index (χ2v) is 5.29. The summed E-state index contributed by atoms with van der Waals surface area (Å²) in [4.78, 5) is 7.55. The fourth-order valence-electron chi connectivity index (χ4n) is 2.24. The minimum atomic E-state index is -0.277. The zero-order valence-corrected chi connectivity index (χ0v) is 12.3. The van der Waals surface area contributed by atoms with Gasteiger partial charge in [0.1, 0.15) is 17.4 Å². The average Bonchev–Trinajstić information content (AvgIpc) is 2.86. The molecule has 3 nitrogen and oxygen atoms in total. The van der Waals surface area contributed by atoms with E-state index in [0.29, 0.717) is 11.3 Å². The van der Waals surface area contributed by atoms with Gasteiger partial charge in [-0.2, -0.15) is 0 Å². The summed E-state index contributed by atoms with van der Waals surface area (Å²) in [5.74, 6) is 1.21. The number of H-pyrrole nitrogens is 1. The number of nitrogens with one attached hydrogen (secondary N) is 1. The molecule has 4 heteroatoms. The molecular formula is C17H17FN2O. The van der Waals surface area contributed by atoms with Crippen LogP contribution in [0.15, 0.2) is 36.4 Å². The third-order valence-electron chi connectivity index (χ3n) is 3.64. The van der Waals surface area contributed by atoms with E-state index in [9.17, 15) is 4.39 Å². The van der Waals surface area contributed by atoms with Crippen LogP contribution in [-0.2, 0) is 0 Å². The molecule has 108 valence electrons. The topological polar surface area (TPSA) is 37.9 Å². The lowest BCUT2D eigenvalue weighted by molar-refractivity contribution is 0.218. The number of aryl methyl sites for hydroxylation is 2. The molecule has 1 N–H and O–H groups in total. The number of fused-ring (bicyclic) bond motifs is 1. The molecule has 2 aromatic carbocycles. The molecule has 0 spiro atoms. The van der Waals surface area contributed by atoms with Crippen molar-refractivity contribution in [3.8, 4) is 5.75 Å². The van der Waals surface area contributed by atoms with Gasteiger partial charge in [-0.1, -0.05) is 6.07 Å². The summed E-state index contributed by atoms with van der Waals surface area (Å²) >= 11 is 0. The van der Waals surface area contributed by atoms with Crippen molar-refractivity contribution < 1.29 is 9.13 Å². The van der Waals surface area contributed by atoms with Crippen molar-refractivity contribution in [3.05, 3.63) is 59.2 Å². The zero-order valence-electron chi connectivity index (χ0n) is 12.3. The van der Waals surface area contributed by atoms with Gasteiger partial charge in [0.05, 0.1) is 11.0 Å². The van der Waals surface area contributed by atoms with Crippen LogP contribution in [0.2, 0.25) is 0 Å². The SMILES string of the molecule is Cc1ccc(OC(C)c2nc3ccc(F)cc3[nH]2)cc1C. The highest BCUT2D eigenvalue weighted by atomic mass is 19.1. The number of nitrogens with zero attached hydrogens (tertiary/aromatic N) is 1. The average molecular weight is 284 g/mol. The quantitative estimate of drug-likeness (QED) is 0.771. The van der Waals surface area contributed by atoms with E-state index in [1.54, 1.807) is 6.07 Å². The van der Waals surface area contributed by atoms with Crippen molar-refractivity contribution in [2.45, 2.75) is 26.9 Å². The van der Waals surface area contributed by atoms with Crippen LogP contribution in [0, 0.1) is 19.7 Å². The monoisotopic (exact) mass is 284 g/mol. The van der Waals surface area contributed by atoms with Gasteiger partial charge in [0.25, 0.3) is 0 Å². The standard InChI is InChI=1S/C17H17FN2O/c1-10-4-6-14(8-11(10)2)21-12(3)17-19-15-7-5-13(18)9-16(15)20-17/h4-9,12H,1-3H3,(H,19,20). The Balaban J connectivity index is 1.85. The van der Waals surface area contributed by atoms with E-state index in [-0.39, 0.29) is 11.9 Å². The van der Waals surface area contributed by atoms with Crippen molar-refractivity contribution in [2.75, 3.05) is 0 Å². The molecule has 1 heterocycles. The van der Waals surface area contributed by atoms with Crippen LogP contribution in [0.4, 0.5) is 4.39 Å². The van der Waals surface area contributed by atoms with Gasteiger partial charge >= 0.3 is 0 Å². The molecule has 3 aromatic rings. The Morgan fingerprint density at radius 3 is 2.67 bits per heavy atom. The van der Waals surface area contributed by atoms with Gasteiger partial charge in [0.15, 0.2) is 6.10 Å². The first-order chi connectivity index (χ1) is 10.0. The Bertz CT molecular complexity index is 795. The Labute approximate surface area is 122 Å². The first-order valence-corrected chi connectivity index (χ1v) is 6.92. The predicted octanol–water partition coefficient (Wildman–Crippen LogP) is 4.46. The molecule has 0 aliphatic carbocycles. The first kappa shape index (κ1) is 13.6. The summed E-state index contributed by atoms with van der Waals surface area (Å²) in [6.45, 7) is 6.04. The summed E-state index contributed by atoms with van der Waals surface area (Å²) in [5.41, 5.74) is 3.84. The van der Waals surface area contributed by atoms with E-state index < -0.39 is 0 Å². The van der Waals surface area contributed by atoms with Crippen LogP contribution < -0.4 is 4.74 Å². The van der Waals surface area contributed by atoms with Gasteiger partial charge in [0, 0.05) is 0 Å². The molecular weight excluding hydrogens is 267 g/mol. The Kier molecular flexibility index (Phi) is 3.37. The number of imidazole rings is 1. The fraction of sp³-hybridized carbons (Fsp3) is 0.235. The van der Waals surface area contributed by atoms with E-state index in [0.717, 1.165) is 11.3 Å². The molecule has 0 aliphatic heterocycles. The molecule has 0 fully saturated rings. The number of hydrogen-bond donors (Lipinski definition) is 1. The highest BCUT2D eigenvalue weighted by molar-refractivity contribution is 5.75. The largest absolute Gasteiger partial charge is 0.483 e. The molecule has 0 amide bonds. The maximum absolute atomic E-state index is 13.2. The summed E-state index contributed by atoms with van der Waals surface area (Å²) in [6.07, 6.45) is -0.234. The van der Waals surface area contributed by atoms with Crippen LogP contribution in [0.3, 0.4) is 0 Å². The lowest BCUT2D eigenvalue weighted by Crippen LogP contribution is -2.05. The highest BCUT2D eigenvalue weighted by Crippen LogP contribution is 2.24. The lowest BCUT2D eigenvalue weighted by atomic mass is 10.1. The van der Waals surface area contributed by atoms with Crippen molar-refractivity contribution in [1.82, 2.24) is 9.97 Å². The van der Waals surface area contributed by atoms with Gasteiger partial charge in [-0.3, -0.25) is 0 Å². The number of aromatic amines is 1. The number of aromatic nitrogens is 2. The molecule has 21 heavy (non-hydrogen) atoms. The van der Waals surface area contributed by atoms with Crippen molar-refractivity contribution >= 4 is 11.0 Å². The zero-order chi connectivity index (χ0) is 15.0. The maximum Gasteiger partial charge on any atom is 0.153 e. The fourth-order valence-corrected chi connectivity index (χ4v) is 2.24. The highest BCUT2D eigenvalue weighted by Gasteiger charge is 2.13. The normalized spacial score (nSPS) is 12.6. The molecule has 0 saturated carbocycles. The molecule has 0 radical (unpaired) electrons. The van der Waals surface area contributed by atoms with Crippen LogP contribution in [0.5, 0.6) is 5.75 Å². The molecule has 1 atom stereocenters. The van der Waals surface area contributed by atoms with Crippen LogP contribution in [-0.4, -0.2) is 9.97 Å². The van der Waals surface area contributed by atoms with E-state index in [1.807, 2.05) is 25.1 Å². The predicted molar refractivity (Wildman–Crippen MR) is 81.0 cm³/mol. The van der Waals surface area contributed by atoms with Gasteiger partial charge in [0.2, 0.25) is 0 Å². The van der Waals surface area contributed by atoms with Gasteiger partial charge in [-0.25, -0.2) is 9.37 Å². The molecule has 1 aromatic heterocycles. The molecule has 0 aliphatic rings. The van der Waals surface area contributed by atoms with Crippen LogP contribution in [0.25, 0.3) is 11.0 Å². The van der Waals surface area contributed by atoms with Crippen LogP contribution >= 0.6 is 0 Å². The third kappa shape index (κ3) is 2.75. The van der Waals surface area contributed by atoms with Gasteiger partial charge in [-0.05, 0) is 62.2 Å². The second-order valence-electron chi connectivity index (χ2n) is 5.29. The van der Waals surface area contributed by atoms with Gasteiger partial charge in [-0.15, -0.1) is 0 Å². The van der Waals surface area contributed by atoms with Crippen molar-refractivity contribution in [3.63, 3.8) is 0 Å². The summed E-state index contributed by atoms with van der Waals surface area (Å²) < 4.78 is 19.1. The molecule has 3 rings (SSSR count). The lowest BCUT2D eigenvalue weighted by Gasteiger charge is -2.13. The van der Waals surface area contributed by atoms with E-state index in [1.165, 1.54) is 23.3 Å². The van der Waals surface area contributed by atoms with E-state index >= 15 is 0 Å². The Hall–Kier alpha value is -2.36. The van der Waals surface area contributed by atoms with Crippen molar-refractivity contribution in [2.24, 2.45) is 0 Å². The minimum Gasteiger partial charge on any atom is -0.483 e. The number of rotatable bonds is 3. The molecule has 0 saturated heterocycles. The van der Waals surface area contributed by atoms with Crippen LogP contribution in [0.1, 0.15) is 30.0 Å². The Morgan fingerprint density at radius 1 is 1.10 bits per heavy atom. The summed E-state index contributed by atoms with van der Waals surface area (Å²) in [5, 5.41) is 0. The number of halogens is 1. The van der Waals surface area contributed by atoms with E-state index in [2.05, 4.69) is 23.8 Å². The van der Waals surface area contributed by atoms with Crippen molar-refractivity contribution in [1.29, 1.82) is 0 Å². The number of benzene rings is 2. The smallest absolute Gasteiger partial charge is 0.153 e.